The summed E-state index contributed by atoms with van der Waals surface area (Å²) < 4.78 is 5.37. The van der Waals surface area contributed by atoms with Gasteiger partial charge < -0.3 is 14.7 Å². The molecular formula is C15H22N2O4S. The molecule has 0 saturated carbocycles. The lowest BCUT2D eigenvalue weighted by Gasteiger charge is -2.32. The third kappa shape index (κ3) is 3.97. The molecule has 0 unspecified atom stereocenters. The van der Waals surface area contributed by atoms with Crippen LogP contribution in [0.2, 0.25) is 0 Å². The average molecular weight is 326 g/mol. The molecule has 1 N–H and O–H groups in total. The fourth-order valence-corrected chi connectivity index (χ4v) is 3.51. The number of hydrogen-bond donors (Lipinski definition) is 1. The molecular weight excluding hydrogens is 304 g/mol. The number of thiazole rings is 1. The third-order valence-corrected chi connectivity index (χ3v) is 4.64. The standard InChI is InChI=1S/C15H22N2O4S/c1-9-11(13(18)19)16-12(22-9)10-5-7-17(8-6-10)14(20)21-15(2,3)4/h10H,5-8H2,1-4H3,(H,18,19). The molecule has 2 rings (SSSR count). The Morgan fingerprint density at radius 1 is 1.32 bits per heavy atom. The van der Waals surface area contributed by atoms with E-state index in [9.17, 15) is 9.59 Å². The minimum absolute atomic E-state index is 0.148. The number of likely N-dealkylation sites (tertiary alicyclic amines) is 1. The molecule has 1 fully saturated rings. The van der Waals surface area contributed by atoms with Crippen LogP contribution in [0.4, 0.5) is 4.79 Å². The van der Waals surface area contributed by atoms with Gasteiger partial charge in [0.15, 0.2) is 5.69 Å². The molecule has 0 aliphatic carbocycles. The van der Waals surface area contributed by atoms with Crippen molar-refractivity contribution in [1.29, 1.82) is 0 Å². The Morgan fingerprint density at radius 2 is 1.91 bits per heavy atom. The Kier molecular flexibility index (Phi) is 4.75. The van der Waals surface area contributed by atoms with Gasteiger partial charge in [0.1, 0.15) is 5.60 Å². The van der Waals surface area contributed by atoms with Gasteiger partial charge in [-0.3, -0.25) is 0 Å². The zero-order valence-corrected chi connectivity index (χ0v) is 14.2. The van der Waals surface area contributed by atoms with Crippen molar-refractivity contribution in [2.24, 2.45) is 0 Å². The van der Waals surface area contributed by atoms with Gasteiger partial charge in [-0.1, -0.05) is 0 Å². The van der Waals surface area contributed by atoms with E-state index in [-0.39, 0.29) is 17.7 Å². The van der Waals surface area contributed by atoms with E-state index in [0.717, 1.165) is 22.7 Å². The lowest BCUT2D eigenvalue weighted by Crippen LogP contribution is -2.41. The summed E-state index contributed by atoms with van der Waals surface area (Å²) in [5.74, 6) is -0.762. The Labute approximate surface area is 134 Å². The van der Waals surface area contributed by atoms with Gasteiger partial charge in [0.05, 0.1) is 5.01 Å². The highest BCUT2D eigenvalue weighted by Crippen LogP contribution is 2.32. The van der Waals surface area contributed by atoms with Crippen molar-refractivity contribution in [2.45, 2.75) is 52.1 Å². The number of rotatable bonds is 2. The summed E-state index contributed by atoms with van der Waals surface area (Å²) in [6, 6.07) is 0. The van der Waals surface area contributed by atoms with Crippen LogP contribution in [-0.4, -0.2) is 45.7 Å². The summed E-state index contributed by atoms with van der Waals surface area (Å²) >= 11 is 1.44. The molecule has 0 atom stereocenters. The highest BCUT2D eigenvalue weighted by atomic mass is 32.1. The first kappa shape index (κ1) is 16.7. The number of carboxylic acid groups (broad SMARTS) is 1. The first-order valence-electron chi connectivity index (χ1n) is 7.36. The van der Waals surface area contributed by atoms with E-state index in [1.165, 1.54) is 11.3 Å². The predicted molar refractivity (Wildman–Crippen MR) is 83.6 cm³/mol. The van der Waals surface area contributed by atoms with Crippen LogP contribution in [-0.2, 0) is 4.74 Å². The maximum Gasteiger partial charge on any atom is 0.410 e. The number of carboxylic acids is 1. The molecule has 1 saturated heterocycles. The molecule has 0 spiro atoms. The molecule has 1 amide bonds. The SMILES string of the molecule is Cc1sc(C2CCN(C(=O)OC(C)(C)C)CC2)nc1C(=O)O. The van der Waals surface area contributed by atoms with E-state index in [4.69, 9.17) is 9.84 Å². The summed E-state index contributed by atoms with van der Waals surface area (Å²) in [7, 11) is 0. The quantitative estimate of drug-likeness (QED) is 0.902. The Balaban J connectivity index is 1.96. The number of amides is 1. The molecule has 1 aromatic heterocycles. The molecule has 122 valence electrons. The van der Waals surface area contributed by atoms with Crippen LogP contribution in [0.3, 0.4) is 0 Å². The maximum atomic E-state index is 12.0. The van der Waals surface area contributed by atoms with E-state index < -0.39 is 11.6 Å². The number of aromatic nitrogens is 1. The number of piperidine rings is 1. The van der Waals surface area contributed by atoms with Gasteiger partial charge in [-0.2, -0.15) is 0 Å². The van der Waals surface area contributed by atoms with Crippen molar-refractivity contribution in [3.63, 3.8) is 0 Å². The summed E-state index contributed by atoms with van der Waals surface area (Å²) in [4.78, 5) is 29.8. The Morgan fingerprint density at radius 3 is 2.36 bits per heavy atom. The van der Waals surface area contributed by atoms with Crippen LogP contribution in [0.5, 0.6) is 0 Å². The Bertz CT molecular complexity index is 569. The van der Waals surface area contributed by atoms with E-state index in [1.807, 2.05) is 20.8 Å². The summed E-state index contributed by atoms with van der Waals surface area (Å²) in [5, 5.41) is 9.94. The van der Waals surface area contributed by atoms with Crippen molar-refractivity contribution in [3.05, 3.63) is 15.6 Å². The van der Waals surface area contributed by atoms with Crippen molar-refractivity contribution in [3.8, 4) is 0 Å². The van der Waals surface area contributed by atoms with E-state index in [0.29, 0.717) is 13.1 Å². The van der Waals surface area contributed by atoms with Gasteiger partial charge in [0.25, 0.3) is 0 Å². The van der Waals surface area contributed by atoms with Crippen LogP contribution in [0.25, 0.3) is 0 Å². The molecule has 1 aliphatic heterocycles. The second kappa shape index (κ2) is 6.24. The first-order valence-corrected chi connectivity index (χ1v) is 8.17. The highest BCUT2D eigenvalue weighted by molar-refractivity contribution is 7.12. The van der Waals surface area contributed by atoms with Crippen molar-refractivity contribution >= 4 is 23.4 Å². The van der Waals surface area contributed by atoms with Crippen molar-refractivity contribution in [2.75, 3.05) is 13.1 Å². The minimum Gasteiger partial charge on any atom is -0.476 e. The van der Waals surface area contributed by atoms with Crippen LogP contribution in [0.15, 0.2) is 0 Å². The molecule has 22 heavy (non-hydrogen) atoms. The van der Waals surface area contributed by atoms with Gasteiger partial charge in [-0.25, -0.2) is 14.6 Å². The lowest BCUT2D eigenvalue weighted by atomic mass is 9.98. The van der Waals surface area contributed by atoms with E-state index in [1.54, 1.807) is 11.8 Å². The fraction of sp³-hybridized carbons (Fsp3) is 0.667. The zero-order valence-electron chi connectivity index (χ0n) is 13.4. The molecule has 1 aliphatic rings. The molecule has 2 heterocycles. The molecule has 7 heteroatoms. The number of nitrogens with zero attached hydrogens (tertiary/aromatic N) is 2. The minimum atomic E-state index is -0.980. The van der Waals surface area contributed by atoms with Crippen LogP contribution < -0.4 is 0 Å². The van der Waals surface area contributed by atoms with Crippen molar-refractivity contribution in [1.82, 2.24) is 9.88 Å². The largest absolute Gasteiger partial charge is 0.476 e. The second-order valence-electron chi connectivity index (χ2n) is 6.50. The van der Waals surface area contributed by atoms with Crippen LogP contribution >= 0.6 is 11.3 Å². The fourth-order valence-electron chi connectivity index (χ4n) is 2.43. The topological polar surface area (TPSA) is 79.7 Å². The second-order valence-corrected chi connectivity index (χ2v) is 7.74. The monoisotopic (exact) mass is 326 g/mol. The number of hydrogen-bond acceptors (Lipinski definition) is 5. The van der Waals surface area contributed by atoms with Gasteiger partial charge in [-0.05, 0) is 40.5 Å². The maximum absolute atomic E-state index is 12.0. The summed E-state index contributed by atoms with van der Waals surface area (Å²) in [6.45, 7) is 8.55. The van der Waals surface area contributed by atoms with Gasteiger partial charge in [0.2, 0.25) is 0 Å². The lowest BCUT2D eigenvalue weighted by molar-refractivity contribution is 0.0204. The van der Waals surface area contributed by atoms with Crippen LogP contribution in [0.1, 0.15) is 59.9 Å². The molecule has 6 nitrogen and oxygen atoms in total. The number of carbonyl (C=O) groups is 2. The third-order valence-electron chi connectivity index (χ3n) is 3.51. The first-order chi connectivity index (χ1) is 10.2. The number of carbonyl (C=O) groups excluding carboxylic acids is 1. The highest BCUT2D eigenvalue weighted by Gasteiger charge is 2.29. The average Bonchev–Trinajstić information content (AvgIpc) is 2.79. The van der Waals surface area contributed by atoms with Crippen molar-refractivity contribution < 1.29 is 19.4 Å². The number of aryl methyl sites for hydroxylation is 1. The van der Waals surface area contributed by atoms with E-state index >= 15 is 0 Å². The zero-order chi connectivity index (χ0) is 16.5. The predicted octanol–water partition coefficient (Wildman–Crippen LogP) is 3.26. The summed E-state index contributed by atoms with van der Waals surface area (Å²) in [5.41, 5.74) is -0.342. The molecule has 0 radical (unpaired) electrons. The molecule has 1 aromatic rings. The molecule has 0 aromatic carbocycles. The molecule has 0 bridgehead atoms. The smallest absolute Gasteiger partial charge is 0.410 e. The number of aromatic carboxylic acids is 1. The Hall–Kier alpha value is -1.63. The van der Waals surface area contributed by atoms with Gasteiger partial charge >= 0.3 is 12.1 Å². The summed E-state index contributed by atoms with van der Waals surface area (Å²) in [6.07, 6.45) is 1.28. The normalized spacial score (nSPS) is 16.6. The van der Waals surface area contributed by atoms with Gasteiger partial charge in [-0.15, -0.1) is 11.3 Å². The number of ether oxygens (including phenoxy) is 1. The van der Waals surface area contributed by atoms with E-state index in [2.05, 4.69) is 4.98 Å². The van der Waals surface area contributed by atoms with Gasteiger partial charge in [0, 0.05) is 23.9 Å². The van der Waals surface area contributed by atoms with Crippen LogP contribution in [0, 0.1) is 6.92 Å².